The first-order valence-corrected chi connectivity index (χ1v) is 13.2. The summed E-state index contributed by atoms with van der Waals surface area (Å²) in [5.41, 5.74) is 5.29. The van der Waals surface area contributed by atoms with Gasteiger partial charge in [-0.1, -0.05) is 26.0 Å². The Hall–Kier alpha value is -3.37. The Bertz CT molecular complexity index is 1380. The van der Waals surface area contributed by atoms with Gasteiger partial charge in [-0.15, -0.1) is 0 Å². The molecule has 0 atom stereocenters. The number of hydrogen-bond donors (Lipinski definition) is 1. The van der Waals surface area contributed by atoms with E-state index in [9.17, 15) is 22.0 Å². The molecular formula is C26H28F2N4O3S. The molecular weight excluding hydrogens is 486 g/mol. The summed E-state index contributed by atoms with van der Waals surface area (Å²) in [6.07, 6.45) is 2.79. The highest BCUT2D eigenvalue weighted by atomic mass is 32.2. The van der Waals surface area contributed by atoms with Crippen LogP contribution in [0.25, 0.3) is 11.4 Å². The van der Waals surface area contributed by atoms with Crippen molar-refractivity contribution in [3.63, 3.8) is 0 Å². The Morgan fingerprint density at radius 2 is 1.72 bits per heavy atom. The minimum Gasteiger partial charge on any atom is -0.292 e. The van der Waals surface area contributed by atoms with Gasteiger partial charge in [-0.05, 0) is 55.2 Å². The zero-order valence-electron chi connectivity index (χ0n) is 20.4. The first kappa shape index (κ1) is 25.7. The van der Waals surface area contributed by atoms with E-state index in [-0.39, 0.29) is 28.6 Å². The number of halogens is 2. The third kappa shape index (κ3) is 4.83. The van der Waals surface area contributed by atoms with Gasteiger partial charge in [-0.2, -0.15) is 4.31 Å². The predicted molar refractivity (Wildman–Crippen MR) is 135 cm³/mol. The monoisotopic (exact) mass is 514 g/mol. The van der Waals surface area contributed by atoms with Crippen LogP contribution in [0.1, 0.15) is 44.7 Å². The molecule has 4 rings (SSSR count). The topological polar surface area (TPSA) is 82.1 Å². The minimum atomic E-state index is -3.65. The number of benzene rings is 2. The molecule has 0 aromatic heterocycles. The zero-order chi connectivity index (χ0) is 26.0. The highest BCUT2D eigenvalue weighted by Crippen LogP contribution is 2.32. The van der Waals surface area contributed by atoms with Gasteiger partial charge in [0.15, 0.2) is 5.84 Å². The van der Waals surface area contributed by atoms with Crippen molar-refractivity contribution in [2.45, 2.75) is 38.5 Å². The van der Waals surface area contributed by atoms with Crippen molar-refractivity contribution < 1.29 is 22.0 Å². The zero-order valence-corrected chi connectivity index (χ0v) is 21.2. The highest BCUT2D eigenvalue weighted by molar-refractivity contribution is 7.89. The number of carbonyl (C=O) groups is 1. The summed E-state index contributed by atoms with van der Waals surface area (Å²) in [6.45, 7) is 6.70. The smallest absolute Gasteiger partial charge is 0.243 e. The number of nitrogens with one attached hydrogen (secondary N) is 1. The molecule has 0 radical (unpaired) electrons. The maximum atomic E-state index is 14.7. The van der Waals surface area contributed by atoms with Crippen LogP contribution in [-0.2, 0) is 14.8 Å². The van der Waals surface area contributed by atoms with E-state index in [0.717, 1.165) is 12.1 Å². The molecule has 2 aromatic rings. The second kappa shape index (κ2) is 10.3. The van der Waals surface area contributed by atoms with Gasteiger partial charge in [0.25, 0.3) is 0 Å². The molecule has 0 spiro atoms. The van der Waals surface area contributed by atoms with Crippen molar-refractivity contribution >= 4 is 33.0 Å². The van der Waals surface area contributed by atoms with Crippen molar-refractivity contribution in [1.29, 1.82) is 0 Å². The van der Waals surface area contributed by atoms with Crippen molar-refractivity contribution in [1.82, 2.24) is 14.7 Å². The average Bonchev–Trinajstić information content (AvgIpc) is 2.84. The molecule has 0 aliphatic carbocycles. The predicted octanol–water partition coefficient (Wildman–Crippen LogP) is 4.35. The van der Waals surface area contributed by atoms with E-state index in [4.69, 9.17) is 0 Å². The number of sulfonamides is 1. The Morgan fingerprint density at radius 1 is 1.06 bits per heavy atom. The average molecular weight is 515 g/mol. The van der Waals surface area contributed by atoms with Crippen LogP contribution in [0.4, 0.5) is 8.78 Å². The van der Waals surface area contributed by atoms with E-state index in [1.165, 1.54) is 33.6 Å². The van der Waals surface area contributed by atoms with E-state index in [0.29, 0.717) is 48.5 Å². The number of hydrazine groups is 1. The maximum Gasteiger partial charge on any atom is 0.243 e. The number of hydrogen-bond acceptors (Lipinski definition) is 6. The largest absolute Gasteiger partial charge is 0.292 e. The number of amidine groups is 1. The Morgan fingerprint density at radius 3 is 2.33 bits per heavy atom. The summed E-state index contributed by atoms with van der Waals surface area (Å²) in [6, 6.07) is 9.55. The van der Waals surface area contributed by atoms with Crippen LogP contribution in [0.3, 0.4) is 0 Å². The van der Waals surface area contributed by atoms with Crippen LogP contribution in [0.2, 0.25) is 0 Å². The van der Waals surface area contributed by atoms with Crippen LogP contribution in [0.15, 0.2) is 64.0 Å². The molecule has 2 aliphatic rings. The summed E-state index contributed by atoms with van der Waals surface area (Å²) in [4.78, 5) is 17.4. The minimum absolute atomic E-state index is 0.0945. The summed E-state index contributed by atoms with van der Waals surface area (Å²) in [5.74, 6) is -1.75. The van der Waals surface area contributed by atoms with Crippen molar-refractivity contribution in [2.75, 3.05) is 19.6 Å². The molecule has 0 saturated heterocycles. The number of carbonyl (C=O) groups excluding carboxylic acids is 1. The van der Waals surface area contributed by atoms with Crippen LogP contribution < -0.4 is 5.43 Å². The Labute approximate surface area is 209 Å². The standard InChI is InChI=1S/C26H28F2N4O3S/c1-4-12-31(13-5-2)36(34,35)20-9-6-18(7-10-20)23-15-24(33)26-29-16-17(3)25(32(26)30-23)21-11-8-19(27)14-22(21)28/h6-11,14-15,30H,4-5,12-13,16H2,1-3H3. The normalized spacial score (nSPS) is 16.1. The quantitative estimate of drug-likeness (QED) is 0.567. The lowest BCUT2D eigenvalue weighted by molar-refractivity contribution is -0.109. The lowest BCUT2D eigenvalue weighted by atomic mass is 10.0. The van der Waals surface area contributed by atoms with Crippen molar-refractivity contribution in [3.8, 4) is 0 Å². The molecule has 7 nitrogen and oxygen atoms in total. The molecule has 0 fully saturated rings. The number of fused-ring (bicyclic) bond motifs is 1. The van der Waals surface area contributed by atoms with Gasteiger partial charge in [0, 0.05) is 30.8 Å². The molecule has 2 aliphatic heterocycles. The lowest BCUT2D eigenvalue weighted by Gasteiger charge is -2.36. The van der Waals surface area contributed by atoms with E-state index in [1.54, 1.807) is 19.1 Å². The van der Waals surface area contributed by atoms with Gasteiger partial charge >= 0.3 is 0 Å². The van der Waals surface area contributed by atoms with Gasteiger partial charge < -0.3 is 0 Å². The van der Waals surface area contributed by atoms with Gasteiger partial charge in [-0.3, -0.25) is 15.2 Å². The first-order chi connectivity index (χ1) is 17.2. The van der Waals surface area contributed by atoms with Crippen LogP contribution >= 0.6 is 0 Å². The Kier molecular flexibility index (Phi) is 7.37. The fourth-order valence-corrected chi connectivity index (χ4v) is 5.89. The second-order valence-electron chi connectivity index (χ2n) is 8.69. The molecule has 0 unspecified atom stereocenters. The second-order valence-corrected chi connectivity index (χ2v) is 10.6. The van der Waals surface area contributed by atoms with Crippen molar-refractivity contribution in [3.05, 3.63) is 76.9 Å². The van der Waals surface area contributed by atoms with Crippen LogP contribution in [0.5, 0.6) is 0 Å². The summed E-state index contributed by atoms with van der Waals surface area (Å²) in [7, 11) is -3.65. The third-order valence-corrected chi connectivity index (χ3v) is 7.88. The maximum absolute atomic E-state index is 14.7. The molecule has 0 amide bonds. The Balaban J connectivity index is 1.66. The molecule has 36 heavy (non-hydrogen) atoms. The lowest BCUT2D eigenvalue weighted by Crippen LogP contribution is -2.49. The number of ketones is 1. The fourth-order valence-electron chi connectivity index (χ4n) is 4.27. The fraction of sp³-hybridized carbons (Fsp3) is 0.308. The van der Waals surface area contributed by atoms with Crippen LogP contribution in [-0.4, -0.2) is 49.0 Å². The number of aliphatic imine (C=N–C) groups is 1. The molecule has 1 N–H and O–H groups in total. The molecule has 2 aromatic carbocycles. The number of rotatable bonds is 8. The summed E-state index contributed by atoms with van der Waals surface area (Å²) in [5, 5.41) is 1.40. The van der Waals surface area contributed by atoms with E-state index in [2.05, 4.69) is 10.4 Å². The molecule has 2 heterocycles. The van der Waals surface area contributed by atoms with Gasteiger partial charge in [0.05, 0.1) is 22.8 Å². The van der Waals surface area contributed by atoms with Crippen molar-refractivity contribution in [2.24, 2.45) is 4.99 Å². The van der Waals surface area contributed by atoms with Gasteiger partial charge in [0.1, 0.15) is 11.6 Å². The van der Waals surface area contributed by atoms with E-state index >= 15 is 0 Å². The third-order valence-electron chi connectivity index (χ3n) is 5.97. The number of nitrogens with zero attached hydrogens (tertiary/aromatic N) is 3. The summed E-state index contributed by atoms with van der Waals surface area (Å²) >= 11 is 0. The SMILES string of the molecule is CCCN(CCC)S(=O)(=O)c1ccc(C2=CC(=O)C3=NCC(C)=C(c4ccc(F)cc4F)N3N2)cc1. The van der Waals surface area contributed by atoms with Gasteiger partial charge in [0.2, 0.25) is 15.8 Å². The molecule has 10 heteroatoms. The van der Waals surface area contributed by atoms with Crippen LogP contribution in [0, 0.1) is 11.6 Å². The van der Waals surface area contributed by atoms with Gasteiger partial charge in [-0.25, -0.2) is 22.2 Å². The van der Waals surface area contributed by atoms with E-state index in [1.807, 2.05) is 13.8 Å². The van der Waals surface area contributed by atoms with E-state index < -0.39 is 21.7 Å². The first-order valence-electron chi connectivity index (χ1n) is 11.8. The summed E-state index contributed by atoms with van der Waals surface area (Å²) < 4.78 is 55.8. The molecule has 0 saturated carbocycles. The molecule has 190 valence electrons. The molecule has 0 bridgehead atoms. The highest BCUT2D eigenvalue weighted by Gasteiger charge is 2.33.